The van der Waals surface area contributed by atoms with E-state index in [9.17, 15) is 22.8 Å². The molecule has 222 valence electrons. The number of alkyl halides is 2. The van der Waals surface area contributed by atoms with Crippen LogP contribution >= 0.6 is 6.89 Å². The first-order chi connectivity index (χ1) is 21.2. The van der Waals surface area contributed by atoms with Gasteiger partial charge in [0.2, 0.25) is 0 Å². The van der Waals surface area contributed by atoms with Gasteiger partial charge in [-0.3, -0.25) is 4.79 Å². The zero-order chi connectivity index (χ0) is 31.3. The van der Waals surface area contributed by atoms with Crippen LogP contribution < -0.4 is 15.9 Å². The van der Waals surface area contributed by atoms with E-state index in [1.165, 1.54) is 0 Å². The average molecular weight is 619 g/mol. The summed E-state index contributed by atoms with van der Waals surface area (Å²) in [4.78, 5) is 28.5. The molecule has 5 rings (SSSR count). The number of halogens is 5. The van der Waals surface area contributed by atoms with Crippen molar-refractivity contribution in [3.05, 3.63) is 162 Å². The third-order valence-electron chi connectivity index (χ3n) is 7.00. The van der Waals surface area contributed by atoms with E-state index in [4.69, 9.17) is 0 Å². The molecule has 0 aliphatic heterocycles. The van der Waals surface area contributed by atoms with Crippen molar-refractivity contribution >= 4 is 39.8 Å². The van der Waals surface area contributed by atoms with Crippen LogP contribution in [-0.4, -0.2) is 17.0 Å². The normalized spacial score (nSPS) is 11.6. The van der Waals surface area contributed by atoms with Crippen molar-refractivity contribution in [3.8, 4) is 0 Å². The summed E-state index contributed by atoms with van der Waals surface area (Å²) in [5.41, 5.74) is -1.18. The summed E-state index contributed by atoms with van der Waals surface area (Å²) >= 11 is 0. The van der Waals surface area contributed by atoms with Crippen LogP contribution in [-0.2, 0) is 26.9 Å². The lowest BCUT2D eigenvalue weighted by atomic mass is 10.1. The summed E-state index contributed by atoms with van der Waals surface area (Å²) in [6.45, 7) is -3.59. The van der Waals surface area contributed by atoms with Crippen LogP contribution in [0.3, 0.4) is 0 Å². The molecule has 0 unspecified atom stereocenters. The predicted molar refractivity (Wildman–Crippen MR) is 162 cm³/mol. The van der Waals surface area contributed by atoms with Gasteiger partial charge in [-0.25, -0.2) is 18.0 Å². The first kappa shape index (κ1) is 30.6. The fourth-order valence-corrected chi connectivity index (χ4v) is 9.36. The van der Waals surface area contributed by atoms with Crippen LogP contribution in [0.15, 0.2) is 133 Å². The second kappa shape index (κ2) is 12.8. The lowest BCUT2D eigenvalue weighted by molar-refractivity contribution is -0.235. The minimum atomic E-state index is -4.77. The number of ketones is 1. The number of esters is 1. The van der Waals surface area contributed by atoms with Crippen molar-refractivity contribution in [2.24, 2.45) is 0 Å². The minimum Gasteiger partial charge on any atom is -0.393 e. The van der Waals surface area contributed by atoms with Crippen molar-refractivity contribution < 1.29 is 36.3 Å². The molecule has 0 heterocycles. The molecule has 0 aliphatic carbocycles. The molecule has 9 heteroatoms. The highest BCUT2D eigenvalue weighted by molar-refractivity contribution is 7.97. The Morgan fingerprint density at radius 2 is 1.02 bits per heavy atom. The molecule has 3 nitrogen and oxygen atoms in total. The average Bonchev–Trinajstić information content (AvgIpc) is 3.03. The molecular weight excluding hydrogens is 594 g/mol. The van der Waals surface area contributed by atoms with Gasteiger partial charge in [-0.1, -0.05) is 121 Å². The standard InChI is InChI=1S/C35H24F5O3P/c36-29-22-21-28(31(37)32(29)38)35(39,40)43-34(42)33(30(41)23-24-13-5-1-6-14-24)44(25-15-7-2-8-16-25,26-17-9-3-10-18-26)27-19-11-4-12-20-27/h1-22H,23H2. The highest BCUT2D eigenvalue weighted by atomic mass is 31.2. The maximum atomic E-state index is 15.5. The molecule has 5 aromatic rings. The third kappa shape index (κ3) is 5.86. The van der Waals surface area contributed by atoms with Gasteiger partial charge < -0.3 is 4.74 Å². The quantitative estimate of drug-likeness (QED) is 0.0609. The second-order valence-corrected chi connectivity index (χ2v) is 13.1. The molecule has 0 saturated heterocycles. The van der Waals surface area contributed by atoms with Crippen LogP contribution in [0.4, 0.5) is 22.0 Å². The zero-order valence-corrected chi connectivity index (χ0v) is 23.9. The molecule has 5 aromatic carbocycles. The van der Waals surface area contributed by atoms with E-state index in [1.807, 2.05) is 0 Å². The summed E-state index contributed by atoms with van der Waals surface area (Å²) in [6.07, 6.45) is -5.11. The number of benzene rings is 5. The number of carbonyl (C=O) groups excluding carboxylic acids is 2. The van der Waals surface area contributed by atoms with Crippen LogP contribution in [0.5, 0.6) is 0 Å². The number of hydrogen-bond donors (Lipinski definition) is 0. The topological polar surface area (TPSA) is 43.4 Å². The molecule has 0 spiro atoms. The van der Waals surface area contributed by atoms with E-state index in [0.717, 1.165) is 0 Å². The molecule has 0 aliphatic rings. The van der Waals surface area contributed by atoms with Gasteiger partial charge in [0.1, 0.15) is 10.9 Å². The van der Waals surface area contributed by atoms with Gasteiger partial charge in [0.05, 0.1) is 0 Å². The van der Waals surface area contributed by atoms with Crippen molar-refractivity contribution in [3.63, 3.8) is 0 Å². The Kier molecular flexibility index (Phi) is 8.93. The first-order valence-corrected chi connectivity index (χ1v) is 15.2. The van der Waals surface area contributed by atoms with Gasteiger partial charge in [-0.2, -0.15) is 8.78 Å². The molecule has 0 atom stereocenters. The zero-order valence-electron chi connectivity index (χ0n) is 23.0. The van der Waals surface area contributed by atoms with Crippen molar-refractivity contribution in [2.45, 2.75) is 12.5 Å². The van der Waals surface area contributed by atoms with E-state index >= 15 is 8.78 Å². The lowest BCUT2D eigenvalue weighted by Crippen LogP contribution is -2.41. The Balaban J connectivity index is 1.86. The second-order valence-electron chi connectivity index (χ2n) is 9.74. The molecule has 0 fully saturated rings. The largest absolute Gasteiger partial charge is 0.431 e. The summed E-state index contributed by atoms with van der Waals surface area (Å²) in [5.74, 6) is -8.57. The molecule has 0 N–H and O–H groups in total. The number of hydrogen-bond acceptors (Lipinski definition) is 3. The third-order valence-corrected chi connectivity index (χ3v) is 11.3. The Morgan fingerprint density at radius 3 is 1.48 bits per heavy atom. The van der Waals surface area contributed by atoms with Gasteiger partial charge in [0.15, 0.2) is 23.2 Å². The van der Waals surface area contributed by atoms with E-state index < -0.39 is 53.1 Å². The van der Waals surface area contributed by atoms with E-state index in [1.54, 1.807) is 121 Å². The Labute approximate surface area is 250 Å². The maximum Gasteiger partial charge on any atom is 0.431 e. The molecule has 0 saturated carbocycles. The smallest absolute Gasteiger partial charge is 0.393 e. The van der Waals surface area contributed by atoms with E-state index in [-0.39, 0.29) is 6.42 Å². The first-order valence-electron chi connectivity index (χ1n) is 13.4. The van der Waals surface area contributed by atoms with E-state index in [0.29, 0.717) is 33.6 Å². The summed E-state index contributed by atoms with van der Waals surface area (Å²) in [6, 6.07) is 34.6. The molecule has 0 aromatic heterocycles. The number of Topliss-reactive ketones (excluding diaryl/α,β-unsaturated/α-hetero) is 1. The lowest BCUT2D eigenvalue weighted by Gasteiger charge is -2.32. The van der Waals surface area contributed by atoms with Crippen molar-refractivity contribution in [1.82, 2.24) is 0 Å². The fraction of sp³-hybridized carbons (Fsp3) is 0.0571. The Bertz CT molecular complexity index is 1740. The molecule has 0 amide bonds. The fourth-order valence-electron chi connectivity index (χ4n) is 5.06. The van der Waals surface area contributed by atoms with E-state index in [2.05, 4.69) is 4.74 Å². The van der Waals surface area contributed by atoms with Crippen LogP contribution in [0, 0.1) is 17.5 Å². The van der Waals surface area contributed by atoms with Gasteiger partial charge in [0, 0.05) is 6.42 Å². The molecule has 44 heavy (non-hydrogen) atoms. The Morgan fingerprint density at radius 1 is 0.591 bits per heavy atom. The maximum absolute atomic E-state index is 15.5. The van der Waals surface area contributed by atoms with Gasteiger partial charge in [-0.15, -0.1) is 0 Å². The Hall–Kier alpha value is -4.81. The summed E-state index contributed by atoms with van der Waals surface area (Å²) in [7, 11) is 0. The predicted octanol–water partition coefficient (Wildman–Crippen LogP) is 6.67. The molecule has 0 radical (unpaired) electrons. The van der Waals surface area contributed by atoms with Crippen LogP contribution in [0.25, 0.3) is 0 Å². The highest BCUT2D eigenvalue weighted by Crippen LogP contribution is 2.47. The number of rotatable bonds is 9. The summed E-state index contributed by atoms with van der Waals surface area (Å²) in [5, 5.41) is 0.905. The van der Waals surface area contributed by atoms with Crippen molar-refractivity contribution in [1.29, 1.82) is 0 Å². The molecular formula is C35H24F5O3P. The highest BCUT2D eigenvalue weighted by Gasteiger charge is 2.45. The number of ether oxygens (including phenoxy) is 1. The van der Waals surface area contributed by atoms with Crippen LogP contribution in [0.2, 0.25) is 0 Å². The van der Waals surface area contributed by atoms with Gasteiger partial charge in [0.25, 0.3) is 0 Å². The van der Waals surface area contributed by atoms with Gasteiger partial charge >= 0.3 is 12.1 Å². The van der Waals surface area contributed by atoms with Crippen molar-refractivity contribution in [2.75, 3.05) is 0 Å². The number of carbonyl (C=O) groups is 2. The monoisotopic (exact) mass is 618 g/mol. The molecule has 0 bridgehead atoms. The SMILES string of the molecule is O=C(Cc1ccccc1)C(C(=O)OC(F)(F)c1ccc(F)c(F)c1F)=P(c1ccccc1)(c1ccccc1)c1ccccc1. The minimum absolute atomic E-state index is 0.292. The summed E-state index contributed by atoms with van der Waals surface area (Å²) < 4.78 is 77.8. The van der Waals surface area contributed by atoms with Gasteiger partial charge in [-0.05, 0) is 40.5 Å². The van der Waals surface area contributed by atoms with Crippen LogP contribution in [0.1, 0.15) is 11.1 Å².